The zero-order valence-corrected chi connectivity index (χ0v) is 11.7. The Morgan fingerprint density at radius 2 is 2.21 bits per heavy atom. The molecule has 0 aromatic heterocycles. The molecule has 0 aliphatic carbocycles. The van der Waals surface area contributed by atoms with Crippen molar-refractivity contribution >= 4 is 11.6 Å². The first-order chi connectivity index (χ1) is 9.08. The Labute approximate surface area is 118 Å². The Bertz CT molecular complexity index is 481. The Kier molecular flexibility index (Phi) is 3.54. The Morgan fingerprint density at radius 1 is 1.37 bits per heavy atom. The van der Waals surface area contributed by atoms with Crippen LogP contribution in [-0.2, 0) is 6.42 Å². The Hall–Kier alpha value is -0.640. The number of fused-ring (bicyclic) bond motifs is 1. The number of nitrogens with zero attached hydrogens (tertiary/aromatic N) is 1. The van der Waals surface area contributed by atoms with Crippen LogP contribution in [0.15, 0.2) is 18.2 Å². The largest absolute Gasteiger partial charge is 0.388 e. The van der Waals surface area contributed by atoms with Gasteiger partial charge in [-0.1, -0.05) is 24.1 Å². The number of hydrogen-bond acceptors (Lipinski definition) is 2. The molecule has 2 heterocycles. The van der Waals surface area contributed by atoms with Gasteiger partial charge in [0.05, 0.1) is 5.60 Å². The van der Waals surface area contributed by atoms with Crippen molar-refractivity contribution in [1.29, 1.82) is 0 Å². The summed E-state index contributed by atoms with van der Waals surface area (Å²) in [6, 6.07) is 4.68. The van der Waals surface area contributed by atoms with Gasteiger partial charge in [-0.2, -0.15) is 0 Å². The van der Waals surface area contributed by atoms with Gasteiger partial charge >= 0.3 is 0 Å². The minimum Gasteiger partial charge on any atom is -0.388 e. The molecular weight excluding hydrogens is 265 g/mol. The molecule has 0 saturated carbocycles. The molecule has 0 radical (unpaired) electrons. The van der Waals surface area contributed by atoms with E-state index in [1.807, 2.05) is 0 Å². The van der Waals surface area contributed by atoms with Gasteiger partial charge in [-0.15, -0.1) is 0 Å². The molecule has 2 saturated heterocycles. The fraction of sp³-hybridized carbons (Fsp3) is 0.600. The smallest absolute Gasteiger partial charge is 0.124 e. The van der Waals surface area contributed by atoms with Gasteiger partial charge in [0.1, 0.15) is 5.82 Å². The highest BCUT2D eigenvalue weighted by Crippen LogP contribution is 2.38. The highest BCUT2D eigenvalue weighted by atomic mass is 35.5. The van der Waals surface area contributed by atoms with E-state index in [-0.39, 0.29) is 11.9 Å². The predicted octanol–water partition coefficient (Wildman–Crippen LogP) is 3.01. The summed E-state index contributed by atoms with van der Waals surface area (Å²) in [5.41, 5.74) is 0.139. The van der Waals surface area contributed by atoms with Crippen LogP contribution in [0, 0.1) is 5.82 Å². The van der Waals surface area contributed by atoms with E-state index in [4.69, 9.17) is 11.6 Å². The normalized spacial score (nSPS) is 31.4. The van der Waals surface area contributed by atoms with Crippen molar-refractivity contribution < 1.29 is 9.50 Å². The van der Waals surface area contributed by atoms with E-state index in [1.54, 1.807) is 6.07 Å². The Balaban J connectivity index is 1.81. The van der Waals surface area contributed by atoms with Gasteiger partial charge in [-0.25, -0.2) is 4.39 Å². The summed E-state index contributed by atoms with van der Waals surface area (Å²) in [7, 11) is 0. The number of benzene rings is 1. The average molecular weight is 284 g/mol. The van der Waals surface area contributed by atoms with Crippen LogP contribution < -0.4 is 0 Å². The van der Waals surface area contributed by atoms with Crippen LogP contribution in [-0.4, -0.2) is 34.7 Å². The number of aliphatic hydroxyl groups is 1. The number of rotatable bonds is 2. The van der Waals surface area contributed by atoms with Crippen LogP contribution in [0.4, 0.5) is 4.39 Å². The number of hydrogen-bond donors (Lipinski definition) is 1. The molecule has 0 bridgehead atoms. The summed E-state index contributed by atoms with van der Waals surface area (Å²) >= 11 is 6.08. The zero-order valence-electron chi connectivity index (χ0n) is 10.9. The lowest BCUT2D eigenvalue weighted by atomic mass is 9.84. The Morgan fingerprint density at radius 3 is 3.00 bits per heavy atom. The van der Waals surface area contributed by atoms with Gasteiger partial charge in [0.15, 0.2) is 0 Å². The first-order valence-electron chi connectivity index (χ1n) is 6.99. The first kappa shape index (κ1) is 13.3. The minimum atomic E-state index is -0.706. The topological polar surface area (TPSA) is 23.5 Å². The molecule has 1 aromatic rings. The minimum absolute atomic E-state index is 0.238. The predicted molar refractivity (Wildman–Crippen MR) is 73.9 cm³/mol. The van der Waals surface area contributed by atoms with Gasteiger partial charge in [-0.05, 0) is 43.5 Å². The third kappa shape index (κ3) is 2.51. The molecule has 2 fully saturated rings. The summed E-state index contributed by atoms with van der Waals surface area (Å²) in [6.07, 6.45) is 4.76. The molecular formula is C15H19ClFNO. The summed E-state index contributed by atoms with van der Waals surface area (Å²) < 4.78 is 13.1. The molecule has 2 aliphatic rings. The highest BCUT2D eigenvalue weighted by molar-refractivity contribution is 6.31. The fourth-order valence-electron chi connectivity index (χ4n) is 3.57. The molecule has 1 aromatic carbocycles. The van der Waals surface area contributed by atoms with Crippen molar-refractivity contribution in [3.8, 4) is 0 Å². The van der Waals surface area contributed by atoms with Crippen LogP contribution in [0.2, 0.25) is 5.02 Å². The standard InChI is InChI=1S/C15H19ClFNO/c16-13-9-12(17)5-4-11(13)10-15(19)6-8-18-7-2-1-3-14(15)18/h4-5,9,14,19H,1-3,6-8,10H2. The van der Waals surface area contributed by atoms with Crippen LogP contribution in [0.1, 0.15) is 31.2 Å². The first-order valence-corrected chi connectivity index (χ1v) is 7.37. The second-order valence-corrected chi connectivity index (χ2v) is 6.22. The summed E-state index contributed by atoms with van der Waals surface area (Å²) in [5, 5.41) is 11.4. The van der Waals surface area contributed by atoms with E-state index in [1.165, 1.54) is 25.0 Å². The summed E-state index contributed by atoms with van der Waals surface area (Å²) in [5.74, 6) is -0.327. The lowest BCUT2D eigenvalue weighted by molar-refractivity contribution is -0.00886. The third-order valence-electron chi connectivity index (χ3n) is 4.58. The van der Waals surface area contributed by atoms with Crippen molar-refractivity contribution in [2.45, 2.75) is 43.7 Å². The fourth-order valence-corrected chi connectivity index (χ4v) is 3.81. The van der Waals surface area contributed by atoms with Gasteiger partial charge in [0, 0.05) is 24.0 Å². The van der Waals surface area contributed by atoms with Crippen LogP contribution >= 0.6 is 11.6 Å². The molecule has 2 unspecified atom stereocenters. The van der Waals surface area contributed by atoms with Gasteiger partial charge in [0.2, 0.25) is 0 Å². The molecule has 2 atom stereocenters. The van der Waals surface area contributed by atoms with E-state index < -0.39 is 5.60 Å². The second kappa shape index (κ2) is 5.04. The third-order valence-corrected chi connectivity index (χ3v) is 4.93. The van der Waals surface area contributed by atoms with Crippen molar-refractivity contribution in [2.75, 3.05) is 13.1 Å². The lowest BCUT2D eigenvalue weighted by Gasteiger charge is -2.37. The molecule has 0 amide bonds. The molecule has 2 nitrogen and oxygen atoms in total. The van der Waals surface area contributed by atoms with Crippen molar-refractivity contribution in [1.82, 2.24) is 4.90 Å². The van der Waals surface area contributed by atoms with E-state index in [0.29, 0.717) is 11.4 Å². The molecule has 4 heteroatoms. The van der Waals surface area contributed by atoms with Crippen molar-refractivity contribution in [2.24, 2.45) is 0 Å². The van der Waals surface area contributed by atoms with Crippen LogP contribution in [0.5, 0.6) is 0 Å². The quantitative estimate of drug-likeness (QED) is 0.902. The zero-order chi connectivity index (χ0) is 13.5. The van der Waals surface area contributed by atoms with Gasteiger partial charge in [0.25, 0.3) is 0 Å². The van der Waals surface area contributed by atoms with Crippen molar-refractivity contribution in [3.05, 3.63) is 34.6 Å². The SMILES string of the molecule is OC1(Cc2ccc(F)cc2Cl)CCN2CCCCC21. The second-order valence-electron chi connectivity index (χ2n) is 5.81. The average Bonchev–Trinajstić information content (AvgIpc) is 2.72. The molecule has 19 heavy (non-hydrogen) atoms. The maximum atomic E-state index is 13.1. The van der Waals surface area contributed by atoms with E-state index in [2.05, 4.69) is 4.90 Å². The van der Waals surface area contributed by atoms with E-state index in [9.17, 15) is 9.50 Å². The maximum absolute atomic E-state index is 13.1. The maximum Gasteiger partial charge on any atom is 0.124 e. The van der Waals surface area contributed by atoms with E-state index in [0.717, 1.165) is 31.5 Å². The summed E-state index contributed by atoms with van der Waals surface area (Å²) in [6.45, 7) is 2.05. The van der Waals surface area contributed by atoms with Crippen LogP contribution in [0.3, 0.4) is 0 Å². The monoisotopic (exact) mass is 283 g/mol. The van der Waals surface area contributed by atoms with E-state index >= 15 is 0 Å². The molecule has 0 spiro atoms. The van der Waals surface area contributed by atoms with Crippen molar-refractivity contribution in [3.63, 3.8) is 0 Å². The number of halogens is 2. The lowest BCUT2D eigenvalue weighted by Crippen LogP contribution is -2.48. The summed E-state index contributed by atoms with van der Waals surface area (Å²) in [4.78, 5) is 2.39. The molecule has 2 aliphatic heterocycles. The van der Waals surface area contributed by atoms with Gasteiger partial charge < -0.3 is 5.11 Å². The molecule has 1 N–H and O–H groups in total. The van der Waals surface area contributed by atoms with Crippen LogP contribution in [0.25, 0.3) is 0 Å². The number of piperidine rings is 1. The highest BCUT2D eigenvalue weighted by Gasteiger charge is 2.46. The van der Waals surface area contributed by atoms with Gasteiger partial charge in [-0.3, -0.25) is 4.90 Å². The molecule has 104 valence electrons. The molecule has 3 rings (SSSR count).